The second kappa shape index (κ2) is 3.94. The molecular formula is C11H6F3N3. The Morgan fingerprint density at radius 1 is 1.29 bits per heavy atom. The van der Waals surface area contributed by atoms with E-state index in [9.17, 15) is 13.2 Å². The van der Waals surface area contributed by atoms with Crippen LogP contribution in [0, 0.1) is 6.57 Å². The highest BCUT2D eigenvalue weighted by molar-refractivity contribution is 5.55. The molecule has 3 nitrogen and oxygen atoms in total. The number of nitrogens with zero attached hydrogens (tertiary/aromatic N) is 3. The Kier molecular flexibility index (Phi) is 2.60. The minimum atomic E-state index is -4.50. The third kappa shape index (κ3) is 2.13. The van der Waals surface area contributed by atoms with Gasteiger partial charge in [0.05, 0.1) is 24.2 Å². The highest BCUT2D eigenvalue weighted by atomic mass is 19.4. The zero-order valence-electron chi connectivity index (χ0n) is 8.44. The van der Waals surface area contributed by atoms with Crippen LogP contribution in [0.4, 0.5) is 18.9 Å². The number of benzene rings is 1. The minimum absolute atomic E-state index is 0.0394. The third-order valence-corrected chi connectivity index (χ3v) is 2.20. The maximum Gasteiger partial charge on any atom is 0.417 e. The zero-order valence-corrected chi connectivity index (χ0v) is 8.44. The summed E-state index contributed by atoms with van der Waals surface area (Å²) in [6.45, 7) is 6.73. The maximum atomic E-state index is 12.8. The average Bonchev–Trinajstić information content (AvgIpc) is 2.80. The predicted octanol–water partition coefficient (Wildman–Crippen LogP) is 3.44. The summed E-state index contributed by atoms with van der Waals surface area (Å²) >= 11 is 0. The Hall–Kier alpha value is -2.29. The summed E-state index contributed by atoms with van der Waals surface area (Å²) in [6, 6.07) is 3.44. The molecule has 0 N–H and O–H groups in total. The molecule has 0 radical (unpaired) electrons. The van der Waals surface area contributed by atoms with Gasteiger partial charge in [0, 0.05) is 12.4 Å². The first kappa shape index (κ1) is 11.2. The van der Waals surface area contributed by atoms with Crippen molar-refractivity contribution in [2.45, 2.75) is 6.18 Å². The molecule has 0 atom stereocenters. The summed E-state index contributed by atoms with van der Waals surface area (Å²) in [7, 11) is 0. The fraction of sp³-hybridized carbons (Fsp3) is 0.0909. The molecule has 0 aliphatic rings. The van der Waals surface area contributed by atoms with Crippen molar-refractivity contribution >= 4 is 5.69 Å². The van der Waals surface area contributed by atoms with Gasteiger partial charge in [0.2, 0.25) is 0 Å². The van der Waals surface area contributed by atoms with Gasteiger partial charge >= 0.3 is 6.18 Å². The fourth-order valence-electron chi connectivity index (χ4n) is 1.45. The van der Waals surface area contributed by atoms with Gasteiger partial charge in [-0.2, -0.15) is 13.2 Å². The average molecular weight is 237 g/mol. The summed E-state index contributed by atoms with van der Waals surface area (Å²) in [5.41, 5.74) is -0.924. The van der Waals surface area contributed by atoms with Crippen molar-refractivity contribution in [2.24, 2.45) is 0 Å². The molecule has 0 aliphatic heterocycles. The summed E-state index contributed by atoms with van der Waals surface area (Å²) in [4.78, 5) is 6.69. The summed E-state index contributed by atoms with van der Waals surface area (Å²) in [5.74, 6) is 0. The van der Waals surface area contributed by atoms with Crippen LogP contribution in [-0.4, -0.2) is 9.55 Å². The monoisotopic (exact) mass is 237 g/mol. The van der Waals surface area contributed by atoms with E-state index in [1.54, 1.807) is 0 Å². The molecule has 86 valence electrons. The predicted molar refractivity (Wildman–Crippen MR) is 54.8 cm³/mol. The lowest BCUT2D eigenvalue weighted by Gasteiger charge is -2.13. The van der Waals surface area contributed by atoms with E-state index in [1.165, 1.54) is 35.4 Å². The summed E-state index contributed by atoms with van der Waals surface area (Å²) in [6.07, 6.45) is -0.409. The SMILES string of the molecule is [C-]#[N+]c1ccc(-n2ccnc2)c(C(F)(F)F)c1. The van der Waals surface area contributed by atoms with E-state index in [0.29, 0.717) is 0 Å². The molecule has 2 aromatic rings. The number of hydrogen-bond acceptors (Lipinski definition) is 1. The molecule has 0 bridgehead atoms. The highest BCUT2D eigenvalue weighted by Crippen LogP contribution is 2.36. The minimum Gasteiger partial charge on any atom is -0.306 e. The van der Waals surface area contributed by atoms with Crippen molar-refractivity contribution in [1.82, 2.24) is 9.55 Å². The highest BCUT2D eigenvalue weighted by Gasteiger charge is 2.34. The van der Waals surface area contributed by atoms with E-state index in [2.05, 4.69) is 9.83 Å². The van der Waals surface area contributed by atoms with E-state index in [0.717, 1.165) is 6.07 Å². The molecule has 0 spiro atoms. The molecule has 0 unspecified atom stereocenters. The van der Waals surface area contributed by atoms with Crippen LogP contribution in [-0.2, 0) is 6.18 Å². The maximum absolute atomic E-state index is 12.8. The van der Waals surface area contributed by atoms with E-state index in [-0.39, 0.29) is 11.4 Å². The number of hydrogen-bond donors (Lipinski definition) is 0. The van der Waals surface area contributed by atoms with Crippen LogP contribution in [0.15, 0.2) is 36.9 Å². The second-order valence-corrected chi connectivity index (χ2v) is 3.28. The Balaban J connectivity index is 2.65. The molecule has 0 saturated carbocycles. The van der Waals surface area contributed by atoms with Gasteiger partial charge in [0.25, 0.3) is 0 Å². The van der Waals surface area contributed by atoms with Gasteiger partial charge in [-0.3, -0.25) is 0 Å². The second-order valence-electron chi connectivity index (χ2n) is 3.28. The lowest BCUT2D eigenvalue weighted by Crippen LogP contribution is -2.09. The number of rotatable bonds is 1. The molecule has 0 aliphatic carbocycles. The molecule has 17 heavy (non-hydrogen) atoms. The first-order valence-corrected chi connectivity index (χ1v) is 4.59. The van der Waals surface area contributed by atoms with Crippen molar-refractivity contribution in [3.05, 3.63) is 53.9 Å². The van der Waals surface area contributed by atoms with Crippen LogP contribution in [0.3, 0.4) is 0 Å². The van der Waals surface area contributed by atoms with Gasteiger partial charge in [0.1, 0.15) is 0 Å². The largest absolute Gasteiger partial charge is 0.417 e. The number of alkyl halides is 3. The van der Waals surface area contributed by atoms with Crippen LogP contribution in [0.1, 0.15) is 5.56 Å². The Morgan fingerprint density at radius 2 is 2.06 bits per heavy atom. The topological polar surface area (TPSA) is 22.2 Å². The summed E-state index contributed by atoms with van der Waals surface area (Å²) in [5, 5.41) is 0. The Bertz CT molecular complexity index is 565. The zero-order chi connectivity index (χ0) is 12.5. The van der Waals surface area contributed by atoms with Gasteiger partial charge in [-0.05, 0) is 12.1 Å². The summed E-state index contributed by atoms with van der Waals surface area (Å²) < 4.78 is 39.7. The van der Waals surface area contributed by atoms with Gasteiger partial charge < -0.3 is 4.57 Å². The molecule has 0 amide bonds. The van der Waals surface area contributed by atoms with Crippen LogP contribution in [0.25, 0.3) is 10.5 Å². The Morgan fingerprint density at radius 3 is 2.59 bits per heavy atom. The van der Waals surface area contributed by atoms with E-state index in [1.807, 2.05) is 0 Å². The van der Waals surface area contributed by atoms with E-state index >= 15 is 0 Å². The number of aromatic nitrogens is 2. The van der Waals surface area contributed by atoms with Crippen molar-refractivity contribution in [3.63, 3.8) is 0 Å². The van der Waals surface area contributed by atoms with Crippen molar-refractivity contribution in [2.75, 3.05) is 0 Å². The van der Waals surface area contributed by atoms with Crippen LogP contribution in [0.5, 0.6) is 0 Å². The van der Waals surface area contributed by atoms with Gasteiger partial charge in [0.15, 0.2) is 5.69 Å². The third-order valence-electron chi connectivity index (χ3n) is 2.20. The van der Waals surface area contributed by atoms with Crippen molar-refractivity contribution in [3.8, 4) is 5.69 Å². The van der Waals surface area contributed by atoms with E-state index < -0.39 is 11.7 Å². The van der Waals surface area contributed by atoms with Crippen molar-refractivity contribution in [1.29, 1.82) is 0 Å². The first-order valence-electron chi connectivity index (χ1n) is 4.59. The normalized spacial score (nSPS) is 11.2. The molecule has 6 heteroatoms. The van der Waals surface area contributed by atoms with Crippen LogP contribution in [0.2, 0.25) is 0 Å². The Labute approximate surface area is 95.0 Å². The fourth-order valence-corrected chi connectivity index (χ4v) is 1.45. The number of imidazole rings is 1. The van der Waals surface area contributed by atoms with Crippen LogP contribution >= 0.6 is 0 Å². The molecule has 0 saturated heterocycles. The quantitative estimate of drug-likeness (QED) is 0.696. The molecule has 0 fully saturated rings. The smallest absolute Gasteiger partial charge is 0.306 e. The van der Waals surface area contributed by atoms with E-state index in [4.69, 9.17) is 6.57 Å². The molecule has 1 aromatic carbocycles. The standard InChI is InChI=1S/C11H6F3N3/c1-15-8-2-3-10(17-5-4-16-7-17)9(6-8)11(12,13)14/h2-7H. The van der Waals surface area contributed by atoms with Crippen molar-refractivity contribution < 1.29 is 13.2 Å². The lowest BCUT2D eigenvalue weighted by molar-refractivity contribution is -0.137. The van der Waals surface area contributed by atoms with Gasteiger partial charge in [-0.25, -0.2) is 9.83 Å². The first-order chi connectivity index (χ1) is 8.02. The molecular weight excluding hydrogens is 231 g/mol. The van der Waals surface area contributed by atoms with Gasteiger partial charge in [-0.1, -0.05) is 6.07 Å². The lowest BCUT2D eigenvalue weighted by atomic mass is 10.1. The number of halogens is 3. The van der Waals surface area contributed by atoms with Gasteiger partial charge in [-0.15, -0.1) is 0 Å². The van der Waals surface area contributed by atoms with Crippen LogP contribution < -0.4 is 0 Å². The molecule has 2 rings (SSSR count). The molecule has 1 heterocycles. The molecule has 1 aromatic heterocycles.